The first-order chi connectivity index (χ1) is 10.5. The molecule has 0 aliphatic carbocycles. The van der Waals surface area contributed by atoms with Gasteiger partial charge in [-0.2, -0.15) is 5.10 Å². The Morgan fingerprint density at radius 3 is 2.82 bits per heavy atom. The zero-order chi connectivity index (χ0) is 15.7. The fourth-order valence-electron chi connectivity index (χ4n) is 3.71. The standard InChI is InChI=1S/C15H26N6O/c1-12-17-13(20(3)18-12)10-21-9-8-19(2)15(11-21)5-4-14(22)16-7-6-15/h4-11H2,1-3H3,(H,16,22). The average molecular weight is 306 g/mol. The zero-order valence-electron chi connectivity index (χ0n) is 13.8. The van der Waals surface area contributed by atoms with E-state index >= 15 is 0 Å². The minimum absolute atomic E-state index is 0.102. The molecular weight excluding hydrogens is 280 g/mol. The van der Waals surface area contributed by atoms with Gasteiger partial charge in [0.25, 0.3) is 0 Å². The molecule has 0 radical (unpaired) electrons. The van der Waals surface area contributed by atoms with Crippen LogP contribution in [0.5, 0.6) is 0 Å². The minimum atomic E-state index is 0.102. The highest BCUT2D eigenvalue weighted by atomic mass is 16.1. The molecule has 7 nitrogen and oxygen atoms in total. The van der Waals surface area contributed by atoms with E-state index in [0.29, 0.717) is 6.42 Å². The molecule has 1 amide bonds. The Kier molecular flexibility index (Phi) is 4.18. The highest BCUT2D eigenvalue weighted by Gasteiger charge is 2.40. The average Bonchev–Trinajstić information content (AvgIpc) is 2.67. The molecule has 122 valence electrons. The SMILES string of the molecule is Cc1nc(CN2CCN(C)C3(CCNC(=O)CC3)C2)n(C)n1. The number of aryl methyl sites for hydroxylation is 2. The third-order valence-electron chi connectivity index (χ3n) is 5.13. The van der Waals surface area contributed by atoms with Crippen LogP contribution in [0.3, 0.4) is 0 Å². The van der Waals surface area contributed by atoms with Crippen molar-refractivity contribution in [2.24, 2.45) is 7.05 Å². The summed E-state index contributed by atoms with van der Waals surface area (Å²) in [5.74, 6) is 2.02. The van der Waals surface area contributed by atoms with E-state index in [1.807, 2.05) is 18.7 Å². The first-order valence-corrected chi connectivity index (χ1v) is 8.05. The van der Waals surface area contributed by atoms with Crippen LogP contribution in [0.25, 0.3) is 0 Å². The van der Waals surface area contributed by atoms with Crippen molar-refractivity contribution in [3.8, 4) is 0 Å². The molecule has 1 unspecified atom stereocenters. The second kappa shape index (κ2) is 5.96. The number of piperazine rings is 1. The summed E-state index contributed by atoms with van der Waals surface area (Å²) in [7, 11) is 4.15. The van der Waals surface area contributed by atoms with Gasteiger partial charge in [-0.15, -0.1) is 0 Å². The molecular formula is C15H26N6O. The number of rotatable bonds is 2. The summed E-state index contributed by atoms with van der Waals surface area (Å²) in [4.78, 5) is 21.1. The summed E-state index contributed by atoms with van der Waals surface area (Å²) in [5.41, 5.74) is 0.102. The predicted octanol–water partition coefficient (Wildman–Crippen LogP) is -0.0902. The van der Waals surface area contributed by atoms with Gasteiger partial charge in [0.15, 0.2) is 0 Å². The van der Waals surface area contributed by atoms with E-state index in [2.05, 4.69) is 32.2 Å². The molecule has 22 heavy (non-hydrogen) atoms. The number of hydrogen-bond donors (Lipinski definition) is 1. The molecule has 0 bridgehead atoms. The Balaban J connectivity index is 1.72. The lowest BCUT2D eigenvalue weighted by atomic mass is 9.86. The Labute approximate surface area is 131 Å². The summed E-state index contributed by atoms with van der Waals surface area (Å²) in [6.07, 6.45) is 2.58. The van der Waals surface area contributed by atoms with Gasteiger partial charge >= 0.3 is 0 Å². The molecule has 1 atom stereocenters. The van der Waals surface area contributed by atoms with E-state index in [1.165, 1.54) is 0 Å². The smallest absolute Gasteiger partial charge is 0.220 e. The molecule has 0 aromatic carbocycles. The number of carbonyl (C=O) groups is 1. The fraction of sp³-hybridized carbons (Fsp3) is 0.800. The summed E-state index contributed by atoms with van der Waals surface area (Å²) in [6, 6.07) is 0. The highest BCUT2D eigenvalue weighted by molar-refractivity contribution is 5.76. The molecule has 7 heteroatoms. The van der Waals surface area contributed by atoms with Crippen molar-refractivity contribution in [2.75, 3.05) is 33.2 Å². The van der Waals surface area contributed by atoms with Gasteiger partial charge in [-0.3, -0.25) is 19.3 Å². The summed E-state index contributed by atoms with van der Waals surface area (Å²) >= 11 is 0. The van der Waals surface area contributed by atoms with Crippen LogP contribution in [-0.2, 0) is 18.4 Å². The van der Waals surface area contributed by atoms with E-state index in [4.69, 9.17) is 0 Å². The van der Waals surface area contributed by atoms with Crippen LogP contribution in [0.4, 0.5) is 0 Å². The largest absolute Gasteiger partial charge is 0.356 e. The molecule has 2 aliphatic heterocycles. The molecule has 2 fully saturated rings. The van der Waals surface area contributed by atoms with Gasteiger partial charge in [0.2, 0.25) is 5.91 Å². The third-order valence-corrected chi connectivity index (χ3v) is 5.13. The first kappa shape index (κ1) is 15.4. The van der Waals surface area contributed by atoms with Crippen LogP contribution in [0.15, 0.2) is 0 Å². The number of likely N-dealkylation sites (N-methyl/N-ethyl adjacent to an activating group) is 1. The van der Waals surface area contributed by atoms with Crippen LogP contribution in [-0.4, -0.2) is 69.2 Å². The number of amides is 1. The molecule has 1 spiro atoms. The molecule has 0 saturated carbocycles. The normalized spacial score (nSPS) is 27.9. The predicted molar refractivity (Wildman–Crippen MR) is 83.2 cm³/mol. The monoisotopic (exact) mass is 306 g/mol. The molecule has 3 heterocycles. The van der Waals surface area contributed by atoms with Crippen LogP contribution in [0.1, 0.15) is 30.9 Å². The number of carbonyl (C=O) groups excluding carboxylic acids is 1. The van der Waals surface area contributed by atoms with Gasteiger partial charge < -0.3 is 5.32 Å². The summed E-state index contributed by atoms with van der Waals surface area (Å²) < 4.78 is 1.87. The summed E-state index contributed by atoms with van der Waals surface area (Å²) in [6.45, 7) is 6.59. The maximum Gasteiger partial charge on any atom is 0.220 e. The van der Waals surface area contributed by atoms with Crippen LogP contribution >= 0.6 is 0 Å². The van der Waals surface area contributed by atoms with Crippen LogP contribution < -0.4 is 5.32 Å². The molecule has 1 aromatic rings. The van der Waals surface area contributed by atoms with Crippen molar-refractivity contribution < 1.29 is 4.79 Å². The van der Waals surface area contributed by atoms with Gasteiger partial charge in [-0.1, -0.05) is 0 Å². The Bertz CT molecular complexity index is 556. The van der Waals surface area contributed by atoms with E-state index in [9.17, 15) is 4.79 Å². The van der Waals surface area contributed by atoms with E-state index in [0.717, 1.165) is 57.2 Å². The quantitative estimate of drug-likeness (QED) is 0.827. The number of nitrogens with one attached hydrogen (secondary N) is 1. The Morgan fingerprint density at radius 2 is 2.09 bits per heavy atom. The zero-order valence-corrected chi connectivity index (χ0v) is 13.8. The second-order valence-electron chi connectivity index (χ2n) is 6.66. The van der Waals surface area contributed by atoms with Gasteiger partial charge in [0.05, 0.1) is 6.54 Å². The highest BCUT2D eigenvalue weighted by Crippen LogP contribution is 2.30. The fourth-order valence-corrected chi connectivity index (χ4v) is 3.71. The maximum absolute atomic E-state index is 11.7. The van der Waals surface area contributed by atoms with Gasteiger partial charge in [-0.05, 0) is 26.8 Å². The number of aromatic nitrogens is 3. The topological polar surface area (TPSA) is 66.3 Å². The lowest BCUT2D eigenvalue weighted by Gasteiger charge is -2.49. The van der Waals surface area contributed by atoms with E-state index in [-0.39, 0.29) is 11.4 Å². The van der Waals surface area contributed by atoms with Crippen molar-refractivity contribution in [2.45, 2.75) is 38.3 Å². The lowest BCUT2D eigenvalue weighted by molar-refractivity contribution is -0.121. The lowest BCUT2D eigenvalue weighted by Crippen LogP contribution is -2.60. The van der Waals surface area contributed by atoms with Crippen molar-refractivity contribution in [3.05, 3.63) is 11.6 Å². The van der Waals surface area contributed by atoms with Crippen molar-refractivity contribution in [1.29, 1.82) is 0 Å². The maximum atomic E-state index is 11.7. The number of nitrogens with zero attached hydrogens (tertiary/aromatic N) is 5. The molecule has 1 aromatic heterocycles. The second-order valence-corrected chi connectivity index (χ2v) is 6.66. The number of hydrogen-bond acceptors (Lipinski definition) is 5. The van der Waals surface area contributed by atoms with Gasteiger partial charge in [-0.25, -0.2) is 4.98 Å². The van der Waals surface area contributed by atoms with Crippen LogP contribution in [0.2, 0.25) is 0 Å². The Hall–Kier alpha value is -1.47. The molecule has 3 rings (SSSR count). The minimum Gasteiger partial charge on any atom is -0.356 e. The first-order valence-electron chi connectivity index (χ1n) is 8.05. The molecule has 1 N–H and O–H groups in total. The van der Waals surface area contributed by atoms with Crippen molar-refractivity contribution in [1.82, 2.24) is 29.9 Å². The van der Waals surface area contributed by atoms with Gasteiger partial charge in [0.1, 0.15) is 11.6 Å². The van der Waals surface area contributed by atoms with Crippen LogP contribution in [0, 0.1) is 6.92 Å². The van der Waals surface area contributed by atoms with Crippen molar-refractivity contribution in [3.63, 3.8) is 0 Å². The van der Waals surface area contributed by atoms with E-state index < -0.39 is 0 Å². The van der Waals surface area contributed by atoms with E-state index in [1.54, 1.807) is 0 Å². The summed E-state index contributed by atoms with van der Waals surface area (Å²) in [5, 5.41) is 7.34. The Morgan fingerprint density at radius 1 is 1.27 bits per heavy atom. The van der Waals surface area contributed by atoms with Crippen molar-refractivity contribution >= 4 is 5.91 Å². The molecule has 2 aliphatic rings. The third kappa shape index (κ3) is 3.01. The van der Waals surface area contributed by atoms with Gasteiger partial charge in [0, 0.05) is 45.2 Å². The molecule has 2 saturated heterocycles.